The second-order valence-corrected chi connectivity index (χ2v) is 4.22. The van der Waals surface area contributed by atoms with Crippen LogP contribution in [0.15, 0.2) is 0 Å². The smallest absolute Gasteiger partial charge is 0.542 e. The number of carbonyl (C=O) groups excluding carboxylic acids is 1. The van der Waals surface area contributed by atoms with Crippen LogP contribution >= 0.6 is 0 Å². The summed E-state index contributed by atoms with van der Waals surface area (Å²) in [4.78, 5) is 9.98. The fourth-order valence-corrected chi connectivity index (χ4v) is 1.26. The third kappa shape index (κ3) is 10.7. The van der Waals surface area contributed by atoms with E-state index in [1.165, 1.54) is 0 Å². The van der Waals surface area contributed by atoms with Crippen LogP contribution < -0.4 is 29.6 Å². The molecule has 0 fully saturated rings. The molecule has 0 saturated heterocycles. The fraction of sp³-hybridized carbons (Fsp3) is 0.889. The summed E-state index contributed by atoms with van der Waals surface area (Å²) in [5.74, 6) is 0.484. The molecule has 1 unspecified atom stereocenters. The molecule has 0 aliphatic rings. The first-order valence-corrected chi connectivity index (χ1v) is 3.81. The molecule has 0 spiro atoms. The van der Waals surface area contributed by atoms with Gasteiger partial charge in [0.05, 0.1) is 0 Å². The van der Waals surface area contributed by atoms with Crippen molar-refractivity contribution >= 4 is 6.29 Å². The summed E-state index contributed by atoms with van der Waals surface area (Å²) in [6.45, 7) is 8.66. The third-order valence-corrected chi connectivity index (χ3v) is 1.39. The summed E-state index contributed by atoms with van der Waals surface area (Å²) in [6.07, 6.45) is 3.62. The van der Waals surface area contributed by atoms with E-state index in [2.05, 4.69) is 27.7 Å². The Bertz CT molecular complexity index is 105. The van der Waals surface area contributed by atoms with Crippen LogP contribution in [0.1, 0.15) is 40.5 Å². The molecule has 0 radical (unpaired) electrons. The van der Waals surface area contributed by atoms with Gasteiger partial charge >= 0.3 is 29.6 Å². The molecule has 60 valence electrons. The van der Waals surface area contributed by atoms with E-state index in [1.807, 2.05) is 6.29 Å². The molecule has 1 nitrogen and oxygen atoms in total. The Hall–Kier alpha value is 0.670. The first-order chi connectivity index (χ1) is 4.45. The number of hydrogen-bond acceptors (Lipinski definition) is 1. The van der Waals surface area contributed by atoms with Gasteiger partial charge in [-0.05, 0) is 11.8 Å². The van der Waals surface area contributed by atoms with Crippen LogP contribution in [-0.2, 0) is 4.79 Å². The maximum atomic E-state index is 9.98. The first-order valence-electron chi connectivity index (χ1n) is 3.81. The Kier molecular flexibility index (Phi) is 8.03. The Balaban J connectivity index is 0. The summed E-state index contributed by atoms with van der Waals surface area (Å²) >= 11 is 0. The van der Waals surface area contributed by atoms with Gasteiger partial charge in [0.25, 0.3) is 0 Å². The van der Waals surface area contributed by atoms with Gasteiger partial charge in [-0.2, -0.15) is 0 Å². The minimum absolute atomic E-state index is 0. The molecule has 0 heterocycles. The van der Waals surface area contributed by atoms with Gasteiger partial charge < -0.3 is 4.79 Å². The van der Waals surface area contributed by atoms with Crippen molar-refractivity contribution in [1.29, 1.82) is 0 Å². The van der Waals surface area contributed by atoms with Gasteiger partial charge in [-0.25, -0.2) is 0 Å². The predicted octanol–water partition coefficient (Wildman–Crippen LogP) is -0.437. The quantitative estimate of drug-likeness (QED) is 0.408. The normalized spacial score (nSPS) is 13.5. The van der Waals surface area contributed by atoms with Crippen molar-refractivity contribution in [3.05, 3.63) is 0 Å². The molecule has 0 aliphatic heterocycles. The van der Waals surface area contributed by atoms with E-state index in [4.69, 9.17) is 0 Å². The van der Waals surface area contributed by atoms with Crippen molar-refractivity contribution in [3.63, 3.8) is 0 Å². The van der Waals surface area contributed by atoms with E-state index >= 15 is 0 Å². The maximum Gasteiger partial charge on any atom is 1.00 e. The first kappa shape index (κ1) is 14.2. The van der Waals surface area contributed by atoms with Crippen molar-refractivity contribution in [2.45, 2.75) is 40.5 Å². The Morgan fingerprint density at radius 1 is 1.36 bits per heavy atom. The summed E-state index contributed by atoms with van der Waals surface area (Å²) in [5.41, 5.74) is 0.344. The van der Waals surface area contributed by atoms with Crippen LogP contribution in [0.25, 0.3) is 0 Å². The van der Waals surface area contributed by atoms with E-state index in [-0.39, 0.29) is 29.6 Å². The zero-order valence-electron chi connectivity index (χ0n) is 8.40. The van der Waals surface area contributed by atoms with Gasteiger partial charge in [0.15, 0.2) is 0 Å². The molecule has 0 aromatic rings. The van der Waals surface area contributed by atoms with Crippen LogP contribution in [-0.4, -0.2) is 6.29 Å². The largest absolute Gasteiger partial charge is 1.00 e. The molecular formula is C9H17NaO. The summed E-state index contributed by atoms with van der Waals surface area (Å²) < 4.78 is 0. The molecule has 2 heteroatoms. The zero-order valence-corrected chi connectivity index (χ0v) is 10.4. The van der Waals surface area contributed by atoms with Crippen LogP contribution in [0, 0.1) is 11.3 Å². The average molecular weight is 164 g/mol. The monoisotopic (exact) mass is 164 g/mol. The molecule has 0 aromatic carbocycles. The summed E-state index contributed by atoms with van der Waals surface area (Å²) in [6, 6.07) is 0. The van der Waals surface area contributed by atoms with Crippen LogP contribution in [0.4, 0.5) is 0 Å². The predicted molar refractivity (Wildman–Crippen MR) is 43.5 cm³/mol. The second-order valence-electron chi connectivity index (χ2n) is 4.22. The SMILES string of the molecule is CC(C[C-]=O)CC(C)(C)C.[Na+]. The molecule has 0 aliphatic carbocycles. The second kappa shape index (κ2) is 6.22. The molecule has 0 N–H and O–H groups in total. The van der Waals surface area contributed by atoms with Crippen molar-refractivity contribution in [3.8, 4) is 0 Å². The number of rotatable bonds is 3. The van der Waals surface area contributed by atoms with Crippen LogP contribution in [0.2, 0.25) is 0 Å². The van der Waals surface area contributed by atoms with E-state index in [1.54, 1.807) is 0 Å². The van der Waals surface area contributed by atoms with Gasteiger partial charge in [-0.1, -0.05) is 33.6 Å². The molecule has 0 amide bonds. The Morgan fingerprint density at radius 3 is 2.09 bits per heavy atom. The van der Waals surface area contributed by atoms with E-state index in [0.717, 1.165) is 6.42 Å². The van der Waals surface area contributed by atoms with Gasteiger partial charge in [0, 0.05) is 0 Å². The standard InChI is InChI=1S/C9H17O.Na/c1-8(5-6-10)7-9(2,3)4;/h8H,5,7H2,1-4H3;/q-1;+1. The summed E-state index contributed by atoms with van der Waals surface area (Å²) in [7, 11) is 0. The summed E-state index contributed by atoms with van der Waals surface area (Å²) in [5, 5.41) is 0. The van der Waals surface area contributed by atoms with Crippen molar-refractivity contribution in [1.82, 2.24) is 0 Å². The number of hydrogen-bond donors (Lipinski definition) is 0. The van der Waals surface area contributed by atoms with Gasteiger partial charge in [0.1, 0.15) is 0 Å². The molecule has 0 bridgehead atoms. The molecular weight excluding hydrogens is 147 g/mol. The molecule has 11 heavy (non-hydrogen) atoms. The fourth-order valence-electron chi connectivity index (χ4n) is 1.26. The van der Waals surface area contributed by atoms with Crippen molar-refractivity contribution in [2.75, 3.05) is 0 Å². The van der Waals surface area contributed by atoms with Gasteiger partial charge in [-0.15, -0.1) is 6.42 Å². The maximum absolute atomic E-state index is 9.98. The van der Waals surface area contributed by atoms with Crippen molar-refractivity contribution < 1.29 is 34.4 Å². The minimum atomic E-state index is 0. The molecule has 1 atom stereocenters. The minimum Gasteiger partial charge on any atom is -0.542 e. The Morgan fingerprint density at radius 2 is 1.82 bits per heavy atom. The zero-order chi connectivity index (χ0) is 8.20. The van der Waals surface area contributed by atoms with Gasteiger partial charge in [0.2, 0.25) is 0 Å². The van der Waals surface area contributed by atoms with E-state index < -0.39 is 0 Å². The van der Waals surface area contributed by atoms with E-state index in [0.29, 0.717) is 17.8 Å². The molecule has 0 rings (SSSR count). The van der Waals surface area contributed by atoms with Crippen LogP contribution in [0.3, 0.4) is 0 Å². The van der Waals surface area contributed by atoms with E-state index in [9.17, 15) is 4.79 Å². The Labute approximate surface area is 92.2 Å². The average Bonchev–Trinajstić information content (AvgIpc) is 1.59. The topological polar surface area (TPSA) is 17.1 Å². The van der Waals surface area contributed by atoms with Crippen LogP contribution in [0.5, 0.6) is 0 Å². The van der Waals surface area contributed by atoms with Gasteiger partial charge in [-0.3, -0.25) is 6.29 Å². The molecule has 0 aromatic heterocycles. The third-order valence-electron chi connectivity index (χ3n) is 1.39. The molecule has 0 saturated carbocycles. The van der Waals surface area contributed by atoms with Crippen molar-refractivity contribution in [2.24, 2.45) is 11.3 Å².